The summed E-state index contributed by atoms with van der Waals surface area (Å²) in [7, 11) is 2.11. The van der Waals surface area contributed by atoms with Crippen molar-refractivity contribution in [2.75, 3.05) is 25.5 Å². The quantitative estimate of drug-likeness (QED) is 0.266. The maximum absolute atomic E-state index is 10.8. The maximum atomic E-state index is 10.8. The van der Waals surface area contributed by atoms with Crippen molar-refractivity contribution in [1.82, 2.24) is 10.1 Å². The van der Waals surface area contributed by atoms with Gasteiger partial charge in [0.25, 0.3) is 0 Å². The summed E-state index contributed by atoms with van der Waals surface area (Å²) in [4.78, 5) is 13.1. The SMILES string of the molecule is CCC1CCCC1OCc1c(-c2c(Cl)cccc2Cl)noc1C1CC1.CN1CC=C(c2cccc(NC(N)=O)c2)CC1. The summed E-state index contributed by atoms with van der Waals surface area (Å²) < 4.78 is 12.0. The summed E-state index contributed by atoms with van der Waals surface area (Å²) in [5, 5.41) is 8.11. The highest BCUT2D eigenvalue weighted by atomic mass is 35.5. The topological polar surface area (TPSA) is 93.6 Å². The molecule has 0 bridgehead atoms. The summed E-state index contributed by atoms with van der Waals surface area (Å²) in [5.74, 6) is 2.08. The van der Waals surface area contributed by atoms with Crippen molar-refractivity contribution in [1.29, 1.82) is 0 Å². The highest BCUT2D eigenvalue weighted by molar-refractivity contribution is 6.39. The van der Waals surface area contributed by atoms with Gasteiger partial charge in [0.15, 0.2) is 0 Å². The number of ether oxygens (including phenoxy) is 1. The van der Waals surface area contributed by atoms with Gasteiger partial charge in [0.1, 0.15) is 11.5 Å². The molecule has 1 aromatic heterocycles. The third-order valence-corrected chi connectivity index (χ3v) is 9.06. The summed E-state index contributed by atoms with van der Waals surface area (Å²) >= 11 is 12.8. The molecule has 3 aromatic rings. The predicted octanol–water partition coefficient (Wildman–Crippen LogP) is 8.52. The van der Waals surface area contributed by atoms with Gasteiger partial charge in [-0.05, 0) is 80.5 Å². The number of nitrogens with zero attached hydrogens (tertiary/aromatic N) is 2. The molecule has 6 rings (SSSR count). The van der Waals surface area contributed by atoms with Crippen molar-refractivity contribution in [2.24, 2.45) is 11.7 Å². The number of aromatic nitrogens is 1. The fourth-order valence-corrected chi connectivity index (χ4v) is 6.48. The van der Waals surface area contributed by atoms with Crippen LogP contribution in [0.2, 0.25) is 10.0 Å². The monoisotopic (exact) mass is 610 g/mol. The number of hydrogen-bond acceptors (Lipinski definition) is 5. The fourth-order valence-electron chi connectivity index (χ4n) is 5.90. The number of amides is 2. The van der Waals surface area contributed by atoms with E-state index in [2.05, 4.69) is 41.5 Å². The number of nitrogens with two attached hydrogens (primary N) is 1. The zero-order valence-electron chi connectivity index (χ0n) is 24.4. The Morgan fingerprint density at radius 2 is 1.90 bits per heavy atom. The fraction of sp³-hybridized carbons (Fsp3) is 0.455. The van der Waals surface area contributed by atoms with E-state index in [0.717, 1.165) is 72.6 Å². The van der Waals surface area contributed by atoms with Crippen LogP contribution in [-0.2, 0) is 11.3 Å². The summed E-state index contributed by atoms with van der Waals surface area (Å²) in [5.41, 5.74) is 10.8. The number of rotatable bonds is 8. The minimum Gasteiger partial charge on any atom is -0.373 e. The molecule has 2 heterocycles. The van der Waals surface area contributed by atoms with Gasteiger partial charge in [-0.15, -0.1) is 0 Å². The van der Waals surface area contributed by atoms with Gasteiger partial charge in [0, 0.05) is 35.8 Å². The average Bonchev–Trinajstić information content (AvgIpc) is 3.57. The molecule has 9 heteroatoms. The number of anilines is 1. The van der Waals surface area contributed by atoms with Crippen molar-refractivity contribution < 1.29 is 14.1 Å². The van der Waals surface area contributed by atoms with E-state index in [1.165, 1.54) is 24.8 Å². The first-order valence-corrected chi connectivity index (χ1v) is 15.7. The Bertz CT molecular complexity index is 1400. The Labute approximate surface area is 258 Å². The Hall–Kier alpha value is -2.84. The Morgan fingerprint density at radius 3 is 2.57 bits per heavy atom. The first kappa shape index (κ1) is 30.6. The zero-order valence-corrected chi connectivity index (χ0v) is 25.9. The van der Waals surface area contributed by atoms with E-state index in [9.17, 15) is 4.79 Å². The molecule has 2 amide bonds. The van der Waals surface area contributed by atoms with E-state index in [0.29, 0.717) is 34.6 Å². The van der Waals surface area contributed by atoms with Gasteiger partial charge in [-0.25, -0.2) is 4.79 Å². The van der Waals surface area contributed by atoms with Crippen molar-refractivity contribution in [3.63, 3.8) is 0 Å². The lowest BCUT2D eigenvalue weighted by molar-refractivity contribution is 0.0146. The van der Waals surface area contributed by atoms with Gasteiger partial charge in [-0.1, -0.05) is 72.4 Å². The van der Waals surface area contributed by atoms with Crippen LogP contribution in [0.3, 0.4) is 0 Å². The number of hydrogen-bond donors (Lipinski definition) is 2. The van der Waals surface area contributed by atoms with E-state index in [1.807, 2.05) is 36.4 Å². The lowest BCUT2D eigenvalue weighted by atomic mass is 9.99. The van der Waals surface area contributed by atoms with Crippen LogP contribution in [0, 0.1) is 5.92 Å². The van der Waals surface area contributed by atoms with Crippen molar-refractivity contribution in [3.05, 3.63) is 75.5 Å². The molecule has 42 heavy (non-hydrogen) atoms. The molecule has 2 unspecified atom stereocenters. The Kier molecular flexibility index (Phi) is 10.3. The summed E-state index contributed by atoms with van der Waals surface area (Å²) in [6.07, 6.45) is 10.7. The van der Waals surface area contributed by atoms with Crippen LogP contribution in [-0.4, -0.2) is 42.3 Å². The highest BCUT2D eigenvalue weighted by Crippen LogP contribution is 2.46. The molecule has 2 aromatic carbocycles. The van der Waals surface area contributed by atoms with Gasteiger partial charge in [0.05, 0.1) is 22.8 Å². The van der Waals surface area contributed by atoms with E-state index in [-0.39, 0.29) is 0 Å². The van der Waals surface area contributed by atoms with Crippen LogP contribution in [0.15, 0.2) is 53.1 Å². The smallest absolute Gasteiger partial charge is 0.316 e. The Balaban J connectivity index is 0.000000181. The number of benzene rings is 2. The van der Waals surface area contributed by atoms with Crippen LogP contribution in [0.4, 0.5) is 10.5 Å². The molecule has 7 nitrogen and oxygen atoms in total. The predicted molar refractivity (Wildman–Crippen MR) is 170 cm³/mol. The van der Waals surface area contributed by atoms with Gasteiger partial charge in [0.2, 0.25) is 0 Å². The van der Waals surface area contributed by atoms with Crippen LogP contribution >= 0.6 is 23.2 Å². The second kappa shape index (κ2) is 14.1. The highest BCUT2D eigenvalue weighted by Gasteiger charge is 2.34. The molecule has 3 N–H and O–H groups in total. The van der Waals surface area contributed by atoms with Crippen molar-refractivity contribution in [3.8, 4) is 11.3 Å². The molecule has 2 saturated carbocycles. The summed E-state index contributed by atoms with van der Waals surface area (Å²) in [6.45, 7) is 4.81. The third-order valence-electron chi connectivity index (χ3n) is 8.43. The normalized spacial score (nSPS) is 20.5. The molecule has 224 valence electrons. The van der Waals surface area contributed by atoms with Gasteiger partial charge >= 0.3 is 6.03 Å². The minimum absolute atomic E-state index is 0.335. The minimum atomic E-state index is -0.528. The standard InChI is InChI=1S/C20H23Cl2NO2.C13H17N3O/c1-2-12-5-3-8-17(12)24-11-14-19(23-25-20(14)13-9-10-13)18-15(21)6-4-7-16(18)22;1-16-7-5-10(6-8-16)11-3-2-4-12(9-11)15-13(14)17/h4,6-7,12-13,17H,2-3,5,8-11H2,1H3;2-5,9H,6-8H2,1H3,(H3,14,15,17). The van der Waals surface area contributed by atoms with E-state index in [1.54, 1.807) is 0 Å². The molecular weight excluding hydrogens is 571 g/mol. The zero-order chi connectivity index (χ0) is 29.6. The molecule has 0 spiro atoms. The second-order valence-electron chi connectivity index (χ2n) is 11.5. The molecule has 3 aliphatic rings. The van der Waals surface area contributed by atoms with Crippen LogP contribution in [0.25, 0.3) is 16.8 Å². The van der Waals surface area contributed by atoms with E-state index in [4.69, 9.17) is 38.2 Å². The molecule has 2 fully saturated rings. The largest absolute Gasteiger partial charge is 0.373 e. The van der Waals surface area contributed by atoms with Gasteiger partial charge in [-0.2, -0.15) is 0 Å². The average molecular weight is 612 g/mol. The molecule has 1 aliphatic heterocycles. The Morgan fingerprint density at radius 1 is 1.14 bits per heavy atom. The number of urea groups is 1. The third kappa shape index (κ3) is 7.56. The lowest BCUT2D eigenvalue weighted by Crippen LogP contribution is -2.23. The number of primary amides is 1. The van der Waals surface area contributed by atoms with Crippen molar-refractivity contribution >= 4 is 40.5 Å². The molecule has 2 atom stereocenters. The molecule has 0 radical (unpaired) electrons. The molecule has 0 saturated heterocycles. The number of likely N-dealkylation sites (N-methyl/N-ethyl adjacent to an activating group) is 1. The first-order valence-electron chi connectivity index (χ1n) is 14.9. The second-order valence-corrected chi connectivity index (χ2v) is 12.3. The number of carbonyl (C=O) groups is 1. The molecular formula is C33H40Cl2N4O3. The van der Waals surface area contributed by atoms with E-state index < -0.39 is 6.03 Å². The van der Waals surface area contributed by atoms with Crippen LogP contribution in [0.5, 0.6) is 0 Å². The van der Waals surface area contributed by atoms with Gasteiger partial charge in [-0.3, -0.25) is 0 Å². The van der Waals surface area contributed by atoms with Crippen LogP contribution < -0.4 is 11.1 Å². The summed E-state index contributed by atoms with van der Waals surface area (Å²) in [6, 6.07) is 12.8. The number of carbonyl (C=O) groups excluding carboxylic acids is 1. The van der Waals surface area contributed by atoms with E-state index >= 15 is 0 Å². The maximum Gasteiger partial charge on any atom is 0.316 e. The molecule has 2 aliphatic carbocycles. The first-order chi connectivity index (χ1) is 20.3. The van der Waals surface area contributed by atoms with Crippen molar-refractivity contribution in [2.45, 2.75) is 70.5 Å². The lowest BCUT2D eigenvalue weighted by Gasteiger charge is -2.22. The number of halogens is 2. The number of nitrogens with one attached hydrogen (secondary N) is 1. The van der Waals surface area contributed by atoms with Crippen LogP contribution in [0.1, 0.15) is 74.7 Å². The van der Waals surface area contributed by atoms with Gasteiger partial charge < -0.3 is 25.2 Å².